The van der Waals surface area contributed by atoms with Crippen LogP contribution >= 0.6 is 0 Å². The van der Waals surface area contributed by atoms with Crippen LogP contribution in [0.4, 0.5) is 5.69 Å². The van der Waals surface area contributed by atoms with E-state index in [1.807, 2.05) is 18.2 Å². The Bertz CT molecular complexity index is 695. The van der Waals surface area contributed by atoms with Crippen molar-refractivity contribution in [1.82, 2.24) is 5.32 Å². The molecule has 106 valence electrons. The number of amides is 2. The van der Waals surface area contributed by atoms with Crippen LogP contribution in [0.25, 0.3) is 0 Å². The predicted octanol–water partition coefficient (Wildman–Crippen LogP) is 2.47. The molecule has 2 aromatic carbocycles. The number of carbonyl (C=O) groups is 2. The van der Waals surface area contributed by atoms with Gasteiger partial charge in [0, 0.05) is 18.2 Å². The summed E-state index contributed by atoms with van der Waals surface area (Å²) >= 11 is 0. The van der Waals surface area contributed by atoms with Crippen LogP contribution in [0, 0.1) is 0 Å². The van der Waals surface area contributed by atoms with Crippen LogP contribution in [0.1, 0.15) is 29.1 Å². The van der Waals surface area contributed by atoms with Crippen molar-refractivity contribution in [3.8, 4) is 5.75 Å². The summed E-state index contributed by atoms with van der Waals surface area (Å²) in [5.41, 5.74) is 2.05. The van der Waals surface area contributed by atoms with Gasteiger partial charge in [0.2, 0.25) is 5.91 Å². The lowest BCUT2D eigenvalue weighted by molar-refractivity contribution is -0.114. The zero-order chi connectivity index (χ0) is 14.8. The Morgan fingerprint density at radius 2 is 1.86 bits per heavy atom. The molecular weight excluding hydrogens is 268 g/mol. The normalized spacial score (nSPS) is 16.4. The predicted molar refractivity (Wildman–Crippen MR) is 78.0 cm³/mol. The summed E-state index contributed by atoms with van der Waals surface area (Å²) in [6.45, 7) is 1.45. The van der Waals surface area contributed by atoms with Crippen molar-refractivity contribution in [1.29, 1.82) is 0 Å². The highest BCUT2D eigenvalue weighted by atomic mass is 16.5. The summed E-state index contributed by atoms with van der Waals surface area (Å²) in [4.78, 5) is 23.0. The van der Waals surface area contributed by atoms with Gasteiger partial charge in [0.15, 0.2) is 6.23 Å². The van der Waals surface area contributed by atoms with Gasteiger partial charge in [-0.3, -0.25) is 9.59 Å². The number of hydrogen-bond donors (Lipinski definition) is 2. The molecular formula is C16H14N2O3. The van der Waals surface area contributed by atoms with E-state index in [2.05, 4.69) is 10.6 Å². The van der Waals surface area contributed by atoms with Crippen LogP contribution in [0.15, 0.2) is 48.5 Å². The first kappa shape index (κ1) is 13.2. The Morgan fingerprint density at radius 1 is 1.14 bits per heavy atom. The van der Waals surface area contributed by atoms with Crippen LogP contribution < -0.4 is 15.4 Å². The van der Waals surface area contributed by atoms with Gasteiger partial charge in [0.25, 0.3) is 5.91 Å². The summed E-state index contributed by atoms with van der Waals surface area (Å²) in [5, 5.41) is 5.49. The molecule has 1 aliphatic heterocycles. The number of nitrogens with one attached hydrogen (secondary N) is 2. The summed E-state index contributed by atoms with van der Waals surface area (Å²) < 4.78 is 5.79. The van der Waals surface area contributed by atoms with E-state index in [0.717, 1.165) is 5.56 Å². The maximum Gasteiger partial charge on any atom is 0.258 e. The lowest BCUT2D eigenvalue weighted by Crippen LogP contribution is -2.36. The van der Waals surface area contributed by atoms with Crippen LogP contribution in [0.2, 0.25) is 0 Å². The van der Waals surface area contributed by atoms with Gasteiger partial charge in [-0.25, -0.2) is 0 Å². The first-order valence-electron chi connectivity index (χ1n) is 6.57. The summed E-state index contributed by atoms with van der Waals surface area (Å²) in [7, 11) is 0. The smallest absolute Gasteiger partial charge is 0.258 e. The molecule has 2 aromatic rings. The average molecular weight is 282 g/mol. The average Bonchev–Trinajstić information content (AvgIpc) is 2.47. The van der Waals surface area contributed by atoms with Crippen molar-refractivity contribution in [2.45, 2.75) is 13.2 Å². The van der Waals surface area contributed by atoms with E-state index in [1.165, 1.54) is 6.92 Å². The van der Waals surface area contributed by atoms with Gasteiger partial charge in [-0.2, -0.15) is 0 Å². The van der Waals surface area contributed by atoms with E-state index >= 15 is 0 Å². The highest BCUT2D eigenvalue weighted by Crippen LogP contribution is 2.29. The molecule has 5 heteroatoms. The van der Waals surface area contributed by atoms with E-state index < -0.39 is 6.23 Å². The van der Waals surface area contributed by atoms with Crippen LogP contribution in [0.3, 0.4) is 0 Å². The van der Waals surface area contributed by atoms with Gasteiger partial charge in [-0.1, -0.05) is 24.3 Å². The highest BCUT2D eigenvalue weighted by molar-refractivity contribution is 5.98. The lowest BCUT2D eigenvalue weighted by Gasteiger charge is -2.27. The van der Waals surface area contributed by atoms with Gasteiger partial charge >= 0.3 is 0 Å². The second-order valence-corrected chi connectivity index (χ2v) is 4.77. The number of para-hydroxylation sites is 1. The molecule has 0 aromatic heterocycles. The Hall–Kier alpha value is -2.82. The molecule has 21 heavy (non-hydrogen) atoms. The molecule has 0 radical (unpaired) electrons. The summed E-state index contributed by atoms with van der Waals surface area (Å²) in [5.74, 6) is 0.281. The summed E-state index contributed by atoms with van der Waals surface area (Å²) in [6, 6.07) is 14.3. The highest BCUT2D eigenvalue weighted by Gasteiger charge is 2.25. The molecule has 2 N–H and O–H groups in total. The molecule has 0 bridgehead atoms. The van der Waals surface area contributed by atoms with Crippen molar-refractivity contribution >= 4 is 17.5 Å². The molecule has 0 saturated carbocycles. The maximum absolute atomic E-state index is 12.0. The molecule has 2 amide bonds. The second-order valence-electron chi connectivity index (χ2n) is 4.77. The minimum Gasteiger partial charge on any atom is -0.466 e. The summed E-state index contributed by atoms with van der Waals surface area (Å²) in [6.07, 6.45) is -0.529. The van der Waals surface area contributed by atoms with E-state index in [1.54, 1.807) is 30.3 Å². The van der Waals surface area contributed by atoms with Crippen molar-refractivity contribution in [3.63, 3.8) is 0 Å². The fraction of sp³-hybridized carbons (Fsp3) is 0.125. The quantitative estimate of drug-likeness (QED) is 0.889. The molecule has 1 heterocycles. The third-order valence-corrected chi connectivity index (χ3v) is 3.17. The SMILES string of the molecule is CC(=O)Nc1ccc([C@@H]2NC(=O)c3ccccc3O2)cc1. The Balaban J connectivity index is 1.82. The van der Waals surface area contributed by atoms with Gasteiger partial charge in [0.05, 0.1) is 5.56 Å². The van der Waals surface area contributed by atoms with E-state index in [4.69, 9.17) is 4.74 Å². The first-order chi connectivity index (χ1) is 10.1. The number of anilines is 1. The second kappa shape index (κ2) is 5.28. The van der Waals surface area contributed by atoms with Gasteiger partial charge in [0.1, 0.15) is 5.75 Å². The molecule has 0 aliphatic carbocycles. The minimum atomic E-state index is -0.529. The molecule has 1 atom stereocenters. The monoisotopic (exact) mass is 282 g/mol. The number of fused-ring (bicyclic) bond motifs is 1. The van der Waals surface area contributed by atoms with Gasteiger partial charge in [-0.15, -0.1) is 0 Å². The van der Waals surface area contributed by atoms with Gasteiger partial charge < -0.3 is 15.4 Å². The fourth-order valence-corrected chi connectivity index (χ4v) is 2.21. The topological polar surface area (TPSA) is 67.4 Å². The molecule has 0 unspecified atom stereocenters. The first-order valence-corrected chi connectivity index (χ1v) is 6.57. The van der Waals surface area contributed by atoms with Crippen molar-refractivity contribution in [3.05, 3.63) is 59.7 Å². The zero-order valence-corrected chi connectivity index (χ0v) is 11.4. The lowest BCUT2D eigenvalue weighted by atomic mass is 10.1. The third-order valence-electron chi connectivity index (χ3n) is 3.17. The Morgan fingerprint density at radius 3 is 2.57 bits per heavy atom. The number of rotatable bonds is 2. The largest absolute Gasteiger partial charge is 0.466 e. The Kier molecular flexibility index (Phi) is 3.31. The van der Waals surface area contributed by atoms with E-state index in [-0.39, 0.29) is 11.8 Å². The number of hydrogen-bond acceptors (Lipinski definition) is 3. The van der Waals surface area contributed by atoms with Crippen LogP contribution in [0.5, 0.6) is 5.75 Å². The maximum atomic E-state index is 12.0. The molecule has 0 fully saturated rings. The molecule has 0 saturated heterocycles. The minimum absolute atomic E-state index is 0.126. The Labute approximate surface area is 121 Å². The standard InChI is InChI=1S/C16H14N2O3/c1-10(19)17-12-8-6-11(7-9-12)16-18-15(20)13-4-2-3-5-14(13)21-16/h2-9,16H,1H3,(H,17,19)(H,18,20)/t16-/m1/s1. The van der Waals surface area contributed by atoms with Gasteiger partial charge in [-0.05, 0) is 24.3 Å². The van der Waals surface area contributed by atoms with Crippen molar-refractivity contribution in [2.24, 2.45) is 0 Å². The van der Waals surface area contributed by atoms with Crippen LogP contribution in [-0.2, 0) is 4.79 Å². The van der Waals surface area contributed by atoms with Crippen molar-refractivity contribution in [2.75, 3.05) is 5.32 Å². The van der Waals surface area contributed by atoms with E-state index in [9.17, 15) is 9.59 Å². The molecule has 1 aliphatic rings. The van der Waals surface area contributed by atoms with Crippen LogP contribution in [-0.4, -0.2) is 11.8 Å². The number of ether oxygens (including phenoxy) is 1. The number of benzene rings is 2. The zero-order valence-electron chi connectivity index (χ0n) is 11.4. The fourth-order valence-electron chi connectivity index (χ4n) is 2.21. The number of carbonyl (C=O) groups excluding carboxylic acids is 2. The van der Waals surface area contributed by atoms with Crippen molar-refractivity contribution < 1.29 is 14.3 Å². The van der Waals surface area contributed by atoms with E-state index in [0.29, 0.717) is 17.0 Å². The third kappa shape index (κ3) is 2.72. The molecule has 5 nitrogen and oxygen atoms in total. The molecule has 3 rings (SSSR count). The molecule has 0 spiro atoms.